The van der Waals surface area contributed by atoms with Gasteiger partial charge in [0.25, 0.3) is 0 Å². The molecule has 0 bridgehead atoms. The van der Waals surface area contributed by atoms with E-state index in [1.165, 1.54) is 13.2 Å². The van der Waals surface area contributed by atoms with Crippen molar-refractivity contribution in [3.05, 3.63) is 29.6 Å². The molecule has 2 fully saturated rings. The molecule has 28 heavy (non-hydrogen) atoms. The number of aliphatic carboxylic acids is 1. The van der Waals surface area contributed by atoms with Gasteiger partial charge in [-0.15, -0.1) is 12.4 Å². The molecule has 1 aliphatic heterocycles. The van der Waals surface area contributed by atoms with Gasteiger partial charge in [0, 0.05) is 26.7 Å². The number of carboxylic acid groups (broad SMARTS) is 1. The normalized spacial score (nSPS) is 24.9. The van der Waals surface area contributed by atoms with Crippen molar-refractivity contribution in [1.29, 1.82) is 0 Å². The number of carboxylic acids is 1. The maximum Gasteiger partial charge on any atom is 0.311 e. The standard InChI is InChI=1S/C20H27FN2O4.ClH/c1-13(23-11-15-5-4-8-20(15,12-23)19(25)26)18(24)22(2)10-14-6-7-17(27-3)16(21)9-14;/h6-7,9,13,15H,4-5,8,10-12H2,1-3H3,(H,25,26);1H/t13?,15-,20+;/m0./s1. The third-order valence-corrected chi connectivity index (χ3v) is 6.24. The molecular weight excluding hydrogens is 387 g/mol. The van der Waals surface area contributed by atoms with E-state index in [2.05, 4.69) is 0 Å². The molecule has 3 rings (SSSR count). The van der Waals surface area contributed by atoms with Gasteiger partial charge in [0.2, 0.25) is 5.91 Å². The predicted octanol–water partition coefficient (Wildman–Crippen LogP) is 2.79. The van der Waals surface area contributed by atoms with Crippen LogP contribution >= 0.6 is 12.4 Å². The Morgan fingerprint density at radius 2 is 2.18 bits per heavy atom. The van der Waals surface area contributed by atoms with Crippen LogP contribution in [0.4, 0.5) is 4.39 Å². The fraction of sp³-hybridized carbons (Fsp3) is 0.600. The van der Waals surface area contributed by atoms with Crippen LogP contribution in [0.1, 0.15) is 31.7 Å². The van der Waals surface area contributed by atoms with Gasteiger partial charge in [0.05, 0.1) is 18.6 Å². The highest BCUT2D eigenvalue weighted by Gasteiger charge is 2.55. The lowest BCUT2D eigenvalue weighted by Gasteiger charge is -2.29. The first-order chi connectivity index (χ1) is 12.8. The van der Waals surface area contributed by atoms with Crippen molar-refractivity contribution in [2.75, 3.05) is 27.2 Å². The van der Waals surface area contributed by atoms with Crippen molar-refractivity contribution in [3.63, 3.8) is 0 Å². The number of ether oxygens (including phenoxy) is 1. The topological polar surface area (TPSA) is 70.1 Å². The van der Waals surface area contributed by atoms with Crippen LogP contribution in [-0.2, 0) is 16.1 Å². The van der Waals surface area contributed by atoms with Crippen LogP contribution in [0.2, 0.25) is 0 Å². The van der Waals surface area contributed by atoms with Crippen molar-refractivity contribution >= 4 is 24.3 Å². The molecule has 1 aromatic rings. The van der Waals surface area contributed by atoms with Gasteiger partial charge in [0.15, 0.2) is 11.6 Å². The zero-order valence-electron chi connectivity index (χ0n) is 16.5. The van der Waals surface area contributed by atoms with Gasteiger partial charge in [-0.3, -0.25) is 14.5 Å². The van der Waals surface area contributed by atoms with Crippen LogP contribution in [0.5, 0.6) is 5.75 Å². The van der Waals surface area contributed by atoms with E-state index in [0.29, 0.717) is 25.1 Å². The molecule has 1 unspecified atom stereocenters. The number of fused-ring (bicyclic) bond motifs is 1. The number of amides is 1. The minimum absolute atomic E-state index is 0. The Kier molecular flexibility index (Phi) is 6.93. The summed E-state index contributed by atoms with van der Waals surface area (Å²) in [4.78, 5) is 28.2. The van der Waals surface area contributed by atoms with Gasteiger partial charge >= 0.3 is 5.97 Å². The number of methoxy groups -OCH3 is 1. The number of carbonyl (C=O) groups excluding carboxylic acids is 1. The summed E-state index contributed by atoms with van der Waals surface area (Å²) in [5, 5.41) is 9.72. The van der Waals surface area contributed by atoms with E-state index in [-0.39, 0.29) is 36.5 Å². The molecule has 2 aliphatic rings. The fourth-order valence-electron chi connectivity index (χ4n) is 4.61. The molecule has 6 nitrogen and oxygen atoms in total. The van der Waals surface area contributed by atoms with Gasteiger partial charge < -0.3 is 14.7 Å². The predicted molar refractivity (Wildman–Crippen MR) is 105 cm³/mol. The molecule has 1 aliphatic carbocycles. The lowest BCUT2D eigenvalue weighted by atomic mass is 9.81. The Bertz CT molecular complexity index is 747. The smallest absolute Gasteiger partial charge is 0.311 e. The highest BCUT2D eigenvalue weighted by atomic mass is 35.5. The van der Waals surface area contributed by atoms with E-state index in [1.54, 1.807) is 24.1 Å². The van der Waals surface area contributed by atoms with E-state index in [1.807, 2.05) is 11.8 Å². The molecule has 0 aromatic heterocycles. The molecule has 1 aromatic carbocycles. The maximum atomic E-state index is 13.9. The van der Waals surface area contributed by atoms with E-state index in [9.17, 15) is 19.1 Å². The van der Waals surface area contributed by atoms with Crippen LogP contribution in [0.15, 0.2) is 18.2 Å². The van der Waals surface area contributed by atoms with Gasteiger partial charge in [0.1, 0.15) is 0 Å². The number of benzene rings is 1. The lowest BCUT2D eigenvalue weighted by Crippen LogP contribution is -2.46. The minimum atomic E-state index is -0.741. The van der Waals surface area contributed by atoms with Crippen molar-refractivity contribution in [3.8, 4) is 5.75 Å². The zero-order chi connectivity index (χ0) is 19.8. The van der Waals surface area contributed by atoms with Crippen molar-refractivity contribution in [2.45, 2.75) is 38.8 Å². The Balaban J connectivity index is 0.00000280. The number of likely N-dealkylation sites (tertiary alicyclic amines) is 1. The SMILES string of the molecule is COc1ccc(CN(C)C(=O)C(C)N2C[C@@H]3CCC[C@@]3(C(=O)O)C2)cc1F.Cl. The highest BCUT2D eigenvalue weighted by Crippen LogP contribution is 2.49. The number of likely N-dealkylation sites (N-methyl/N-ethyl adjacent to an activating group) is 1. The Labute approximate surface area is 171 Å². The summed E-state index contributed by atoms with van der Waals surface area (Å²) in [7, 11) is 3.09. The van der Waals surface area contributed by atoms with Crippen molar-refractivity contribution < 1.29 is 23.8 Å². The summed E-state index contributed by atoms with van der Waals surface area (Å²) in [6.45, 7) is 3.17. The second-order valence-corrected chi connectivity index (χ2v) is 7.82. The van der Waals surface area contributed by atoms with Crippen LogP contribution in [0.3, 0.4) is 0 Å². The van der Waals surface area contributed by atoms with E-state index >= 15 is 0 Å². The van der Waals surface area contributed by atoms with Crippen LogP contribution in [0, 0.1) is 17.2 Å². The third kappa shape index (κ3) is 3.96. The van der Waals surface area contributed by atoms with Crippen LogP contribution in [0.25, 0.3) is 0 Å². The Morgan fingerprint density at radius 1 is 1.46 bits per heavy atom. The summed E-state index contributed by atoms with van der Waals surface area (Å²) in [6.07, 6.45) is 2.53. The molecule has 1 saturated heterocycles. The number of halogens is 2. The van der Waals surface area contributed by atoms with Crippen molar-refractivity contribution in [1.82, 2.24) is 9.80 Å². The Morgan fingerprint density at radius 3 is 2.75 bits per heavy atom. The number of hydrogen-bond acceptors (Lipinski definition) is 4. The van der Waals surface area contributed by atoms with Gasteiger partial charge in [-0.1, -0.05) is 12.5 Å². The summed E-state index contributed by atoms with van der Waals surface area (Å²) < 4.78 is 18.8. The van der Waals surface area contributed by atoms with Gasteiger partial charge in [-0.05, 0) is 43.4 Å². The van der Waals surface area contributed by atoms with E-state index in [0.717, 1.165) is 12.8 Å². The monoisotopic (exact) mass is 414 g/mol. The van der Waals surface area contributed by atoms with E-state index in [4.69, 9.17) is 4.74 Å². The molecule has 3 atom stereocenters. The maximum absolute atomic E-state index is 13.9. The number of rotatable bonds is 6. The highest BCUT2D eigenvalue weighted by molar-refractivity contribution is 5.85. The average molecular weight is 415 g/mol. The second kappa shape index (κ2) is 8.66. The molecule has 0 radical (unpaired) electrons. The number of nitrogens with zero attached hydrogens (tertiary/aromatic N) is 2. The fourth-order valence-corrected chi connectivity index (χ4v) is 4.61. The first kappa shape index (κ1) is 22.4. The molecule has 8 heteroatoms. The van der Waals surface area contributed by atoms with Crippen LogP contribution in [-0.4, -0.2) is 60.1 Å². The molecular formula is C20H28ClFN2O4. The zero-order valence-corrected chi connectivity index (χ0v) is 17.3. The van der Waals surface area contributed by atoms with Crippen LogP contribution < -0.4 is 4.74 Å². The first-order valence-corrected chi connectivity index (χ1v) is 9.33. The molecule has 156 valence electrons. The molecule has 1 saturated carbocycles. The molecule has 1 amide bonds. The van der Waals surface area contributed by atoms with Gasteiger partial charge in [-0.25, -0.2) is 4.39 Å². The summed E-state index contributed by atoms with van der Waals surface area (Å²) in [6, 6.07) is 4.24. The summed E-state index contributed by atoms with van der Waals surface area (Å²) in [5.74, 6) is -1.00. The third-order valence-electron chi connectivity index (χ3n) is 6.24. The second-order valence-electron chi connectivity index (χ2n) is 7.82. The van der Waals surface area contributed by atoms with Gasteiger partial charge in [-0.2, -0.15) is 0 Å². The number of carbonyl (C=O) groups is 2. The largest absolute Gasteiger partial charge is 0.494 e. The van der Waals surface area contributed by atoms with Crippen molar-refractivity contribution in [2.24, 2.45) is 11.3 Å². The average Bonchev–Trinajstić information content (AvgIpc) is 3.19. The summed E-state index contributed by atoms with van der Waals surface area (Å²) in [5.41, 5.74) is -0.0247. The molecule has 1 N–H and O–H groups in total. The quantitative estimate of drug-likeness (QED) is 0.775. The number of hydrogen-bond donors (Lipinski definition) is 1. The summed E-state index contributed by atoms with van der Waals surface area (Å²) >= 11 is 0. The molecule has 1 heterocycles. The minimum Gasteiger partial charge on any atom is -0.494 e. The lowest BCUT2D eigenvalue weighted by molar-refractivity contribution is -0.150. The molecule has 0 spiro atoms. The van der Waals surface area contributed by atoms with E-state index < -0.39 is 23.2 Å². The Hall–Kier alpha value is -1.86. The first-order valence-electron chi connectivity index (χ1n) is 9.33.